The molecule has 0 amide bonds. The van der Waals surface area contributed by atoms with E-state index in [1.807, 2.05) is 12.1 Å². The molecular weight excluding hydrogens is 847 g/mol. The average molecular weight is 862 g/mol. The maximum atomic E-state index is 15.4. The molecule has 5 rings (SSSR count). The minimum absolute atomic E-state index is 0.688. The first kappa shape index (κ1) is 44.6. The summed E-state index contributed by atoms with van der Waals surface area (Å²) in [5.74, 6) is -70.7. The first-order valence-electron chi connectivity index (χ1n) is 14.9. The molecule has 0 bridgehead atoms. The van der Waals surface area contributed by atoms with Crippen molar-refractivity contribution in [3.63, 3.8) is 0 Å². The topological polar surface area (TPSA) is 17.1 Å². The van der Waals surface area contributed by atoms with Crippen molar-refractivity contribution >= 4 is 37.9 Å². The Balaban J connectivity index is 0.000000512. The smallest absolute Gasteiger partial charge is 0.200 e. The maximum absolute atomic E-state index is 15.4. The maximum Gasteiger partial charge on any atom is 0.200 e. The second kappa shape index (κ2) is 15.7. The quantitative estimate of drug-likeness (QED) is 0.0555. The molecule has 1 nitrogen and oxygen atoms in total. The lowest BCUT2D eigenvalue weighted by Gasteiger charge is -2.44. The van der Waals surface area contributed by atoms with Crippen molar-refractivity contribution in [3.8, 4) is 0 Å². The second-order valence-corrected chi connectivity index (χ2v) is 15.5. The van der Waals surface area contributed by atoms with E-state index in [-0.39, 0.29) is 0 Å². The Bertz CT molecular complexity index is 2120. The van der Waals surface area contributed by atoms with Crippen LogP contribution in [-0.4, -0.2) is 18.7 Å². The zero-order valence-corrected chi connectivity index (χ0v) is 28.8. The van der Waals surface area contributed by atoms with Crippen LogP contribution >= 0.6 is 0 Å². The van der Waals surface area contributed by atoms with Crippen LogP contribution in [0.3, 0.4) is 0 Å². The molecule has 57 heavy (non-hydrogen) atoms. The van der Waals surface area contributed by atoms with Crippen LogP contribution in [0.4, 0.5) is 87.8 Å². The van der Waals surface area contributed by atoms with E-state index in [9.17, 15) is 56.9 Å². The van der Waals surface area contributed by atoms with Gasteiger partial charge in [0.25, 0.3) is 0 Å². The van der Waals surface area contributed by atoms with Crippen molar-refractivity contribution in [3.05, 3.63) is 152 Å². The van der Waals surface area contributed by atoms with Crippen LogP contribution in [0.2, 0.25) is 0 Å². The fourth-order valence-corrected chi connectivity index (χ4v) is 6.96. The molecule has 0 aromatic heterocycles. The molecule has 306 valence electrons. The molecule has 0 radical (unpaired) electrons. The Morgan fingerprint density at radius 2 is 0.526 bits per heavy atom. The lowest BCUT2D eigenvalue weighted by molar-refractivity contribution is 0.378. The fraction of sp³-hybridized carbons (Fsp3) is 0.118. The van der Waals surface area contributed by atoms with Crippen LogP contribution in [0.15, 0.2) is 24.3 Å². The molecule has 0 N–H and O–H groups in total. The van der Waals surface area contributed by atoms with Gasteiger partial charge in [-0.3, -0.25) is 0 Å². The van der Waals surface area contributed by atoms with Gasteiger partial charge in [0.05, 0.1) is 9.93 Å². The molecule has 0 saturated heterocycles. The van der Waals surface area contributed by atoms with Crippen molar-refractivity contribution in [2.75, 3.05) is 12.5 Å². The SMILES string of the molecule is Cc1ccc(C[S+](C)(C)=O)cc1.Fc1c(F)c(F)c([B-](c2c(F)c(F)c(F)c(F)c2F)(c2c(F)c(F)c(F)c(F)c2F)c2c(F)c(F)c(F)c(F)c2F)c(F)c1F. The molecule has 0 aliphatic rings. The number of hydrogen-bond donors (Lipinski definition) is 0. The molecule has 0 spiro atoms. The van der Waals surface area contributed by atoms with Gasteiger partial charge in [0.2, 0.25) is 0 Å². The van der Waals surface area contributed by atoms with Crippen LogP contribution < -0.4 is 21.9 Å². The lowest BCUT2D eigenvalue weighted by Crippen LogP contribution is -2.81. The van der Waals surface area contributed by atoms with E-state index in [1.54, 1.807) is 12.5 Å². The van der Waals surface area contributed by atoms with E-state index in [4.69, 9.17) is 0 Å². The van der Waals surface area contributed by atoms with E-state index in [1.165, 1.54) is 5.56 Å². The molecule has 5 aromatic rings. The predicted octanol–water partition coefficient (Wildman–Crippen LogP) is 8.10. The Labute approximate surface area is 306 Å². The molecule has 0 fully saturated rings. The Morgan fingerprint density at radius 1 is 0.351 bits per heavy atom. The predicted molar refractivity (Wildman–Crippen MR) is 164 cm³/mol. The molecule has 5 aromatic carbocycles. The Morgan fingerprint density at radius 3 is 0.702 bits per heavy atom. The highest BCUT2D eigenvalue weighted by molar-refractivity contribution is 8.00. The van der Waals surface area contributed by atoms with Gasteiger partial charge in [0, 0.05) is 5.56 Å². The number of hydrogen-bond acceptors (Lipinski definition) is 1. The summed E-state index contributed by atoms with van der Waals surface area (Å²) >= 11 is 0. The summed E-state index contributed by atoms with van der Waals surface area (Å²) in [6, 6.07) is 8.20. The van der Waals surface area contributed by atoms with Gasteiger partial charge in [0.15, 0.2) is 69.8 Å². The van der Waals surface area contributed by atoms with Gasteiger partial charge in [-0.15, -0.1) is 26.1 Å². The largest absolute Gasteiger partial charge is 0.207 e. The molecule has 0 atom stereocenters. The van der Waals surface area contributed by atoms with Crippen molar-refractivity contribution in [1.29, 1.82) is 0 Å². The monoisotopic (exact) mass is 862 g/mol. The van der Waals surface area contributed by atoms with E-state index in [0.717, 1.165) is 5.56 Å². The van der Waals surface area contributed by atoms with Gasteiger partial charge in [-0.05, 0) is 6.92 Å². The highest BCUT2D eigenvalue weighted by Crippen LogP contribution is 2.30. The lowest BCUT2D eigenvalue weighted by atomic mass is 9.12. The van der Waals surface area contributed by atoms with E-state index < -0.39 is 154 Å². The van der Waals surface area contributed by atoms with Gasteiger partial charge < -0.3 is 0 Å². The third-order valence-electron chi connectivity index (χ3n) is 8.34. The van der Waals surface area contributed by atoms with Crippen molar-refractivity contribution in [1.82, 2.24) is 0 Å². The van der Waals surface area contributed by atoms with Crippen LogP contribution in [-0.2, 0) is 19.9 Å². The first-order chi connectivity index (χ1) is 26.2. The minimum atomic E-state index is -7.22. The normalized spacial score (nSPS) is 11.9. The van der Waals surface area contributed by atoms with Crippen LogP contribution in [0.1, 0.15) is 11.1 Å². The van der Waals surface area contributed by atoms with E-state index >= 15 is 35.1 Å². The van der Waals surface area contributed by atoms with Gasteiger partial charge in [-0.2, -0.15) is 0 Å². The summed E-state index contributed by atoms with van der Waals surface area (Å²) in [5.41, 5.74) is -11.9. The van der Waals surface area contributed by atoms with Crippen LogP contribution in [0.5, 0.6) is 0 Å². The molecular formula is C34H15BF20OS. The second-order valence-electron chi connectivity index (χ2n) is 12.4. The summed E-state index contributed by atoms with van der Waals surface area (Å²) in [6.45, 7) is 2.05. The third-order valence-corrected chi connectivity index (χ3v) is 9.37. The minimum Gasteiger partial charge on any atom is -0.207 e. The van der Waals surface area contributed by atoms with Crippen molar-refractivity contribution in [2.24, 2.45) is 0 Å². The molecule has 23 heteroatoms. The molecule has 0 saturated carbocycles. The number of rotatable bonds is 6. The van der Waals surface area contributed by atoms with Gasteiger partial charge in [0.1, 0.15) is 70.9 Å². The van der Waals surface area contributed by atoms with Gasteiger partial charge in [-0.25, -0.2) is 87.8 Å². The molecule has 0 aliphatic carbocycles. The number of halogens is 20. The Hall–Kier alpha value is -5.09. The zero-order valence-electron chi connectivity index (χ0n) is 28.0. The Kier molecular flexibility index (Phi) is 12.3. The van der Waals surface area contributed by atoms with Crippen molar-refractivity contribution < 1.29 is 92.0 Å². The van der Waals surface area contributed by atoms with E-state index in [2.05, 4.69) is 19.1 Å². The number of aryl methyl sites for hydroxylation is 1. The highest BCUT2D eigenvalue weighted by atomic mass is 32.2. The standard InChI is InChI=1S/C24BF20.C10H15OS/c26-5-1(6(27)14(35)21(42)13(5)34)25(2-7(28)15(36)22(43)16(37)8(2)29,3-9(30)17(38)23(44)18(39)10(3)31)4-11(32)19(40)24(45)20(41)12(4)33;1-9-4-6-10(7-5-9)8-12(2,3)11/h;4-7H,8H2,1-3H3/q-1;+1. The molecule has 0 unspecified atom stereocenters. The zero-order chi connectivity index (χ0) is 43.5. The average Bonchev–Trinajstić information content (AvgIpc) is 3.15. The summed E-state index contributed by atoms with van der Waals surface area (Å²) in [7, 11) is -1.64. The number of benzene rings is 5. The van der Waals surface area contributed by atoms with E-state index in [0.29, 0.717) is 5.75 Å². The van der Waals surface area contributed by atoms with Crippen LogP contribution in [0.25, 0.3) is 0 Å². The molecule has 0 aliphatic heterocycles. The summed E-state index contributed by atoms with van der Waals surface area (Å²) in [6.07, 6.45) is -3.62. The summed E-state index contributed by atoms with van der Waals surface area (Å²) < 4.78 is 305. The highest BCUT2D eigenvalue weighted by Gasteiger charge is 2.52. The third kappa shape index (κ3) is 7.22. The molecule has 0 heterocycles. The van der Waals surface area contributed by atoms with Crippen LogP contribution in [0, 0.1) is 123 Å². The first-order valence-corrected chi connectivity index (χ1v) is 17.4. The summed E-state index contributed by atoms with van der Waals surface area (Å²) in [5, 5.41) is 0. The van der Waals surface area contributed by atoms with Gasteiger partial charge in [-0.1, -0.05) is 29.8 Å². The summed E-state index contributed by atoms with van der Waals surface area (Å²) in [4.78, 5) is 0. The van der Waals surface area contributed by atoms with Gasteiger partial charge >= 0.3 is 0 Å². The fourth-order valence-electron chi connectivity index (χ4n) is 5.96. The van der Waals surface area contributed by atoms with Crippen molar-refractivity contribution in [2.45, 2.75) is 12.7 Å².